The smallest absolute Gasteiger partial charge is 0.191 e. The van der Waals surface area contributed by atoms with Gasteiger partial charge in [0, 0.05) is 43.3 Å². The van der Waals surface area contributed by atoms with E-state index in [-0.39, 0.29) is 29.4 Å². The molecule has 1 fully saturated rings. The van der Waals surface area contributed by atoms with Gasteiger partial charge >= 0.3 is 0 Å². The Balaban J connectivity index is 0.00000288. The number of hydrogen-bond acceptors (Lipinski definition) is 2. The molecule has 1 aromatic rings. The Hall–Kier alpha value is -0.530. The van der Waals surface area contributed by atoms with Crippen LogP contribution in [0.4, 0.5) is 0 Å². The molecule has 0 spiro atoms. The third-order valence-corrected chi connectivity index (χ3v) is 5.04. The van der Waals surface area contributed by atoms with E-state index in [0.29, 0.717) is 6.04 Å². The van der Waals surface area contributed by atoms with E-state index in [0.717, 1.165) is 50.0 Å². The molecule has 0 saturated carbocycles. The van der Waals surface area contributed by atoms with Crippen molar-refractivity contribution in [2.45, 2.75) is 44.6 Å². The summed E-state index contributed by atoms with van der Waals surface area (Å²) < 4.78 is 5.58. The second-order valence-electron chi connectivity index (χ2n) is 6.25. The maximum Gasteiger partial charge on any atom is 0.191 e. The number of nitrogens with one attached hydrogen (secondary N) is 2. The predicted octanol–water partition coefficient (Wildman–Crippen LogP) is 3.97. The molecule has 0 aromatic heterocycles. The van der Waals surface area contributed by atoms with Crippen molar-refractivity contribution in [1.82, 2.24) is 10.6 Å². The lowest BCUT2D eigenvalue weighted by molar-refractivity contribution is 0.0514. The second kappa shape index (κ2) is 10.5. The standard InChI is InChI=1S/C18H28ClN3O.HI/c1-4-14(2)22-17(20-3)21-13-18(9-11-23-12-10-18)15-7-5-6-8-16(15)19;/h5-8,14H,4,9-13H2,1-3H3,(H2,20,21,22);1H. The first-order valence-corrected chi connectivity index (χ1v) is 8.79. The Morgan fingerprint density at radius 3 is 2.58 bits per heavy atom. The number of aliphatic imine (C=N–C) groups is 1. The normalized spacial score (nSPS) is 18.4. The Labute approximate surface area is 167 Å². The zero-order valence-corrected chi connectivity index (χ0v) is 17.9. The molecule has 136 valence electrons. The average Bonchev–Trinajstić information content (AvgIpc) is 2.59. The van der Waals surface area contributed by atoms with Gasteiger partial charge in [-0.3, -0.25) is 4.99 Å². The highest BCUT2D eigenvalue weighted by molar-refractivity contribution is 14.0. The van der Waals surface area contributed by atoms with Gasteiger partial charge in [-0.2, -0.15) is 0 Å². The summed E-state index contributed by atoms with van der Waals surface area (Å²) in [5.41, 5.74) is 1.19. The molecule has 1 aliphatic heterocycles. The van der Waals surface area contributed by atoms with Gasteiger partial charge < -0.3 is 15.4 Å². The van der Waals surface area contributed by atoms with Crippen LogP contribution in [0.2, 0.25) is 5.02 Å². The summed E-state index contributed by atoms with van der Waals surface area (Å²) in [5, 5.41) is 7.74. The van der Waals surface area contributed by atoms with Crippen molar-refractivity contribution in [2.24, 2.45) is 4.99 Å². The highest BCUT2D eigenvalue weighted by atomic mass is 127. The van der Waals surface area contributed by atoms with Gasteiger partial charge in [0.15, 0.2) is 5.96 Å². The highest BCUT2D eigenvalue weighted by Crippen LogP contribution is 2.38. The van der Waals surface area contributed by atoms with Crippen molar-refractivity contribution in [3.05, 3.63) is 34.9 Å². The number of halogens is 2. The van der Waals surface area contributed by atoms with Crippen LogP contribution in [0.1, 0.15) is 38.7 Å². The molecular formula is C18H29ClIN3O. The van der Waals surface area contributed by atoms with Crippen molar-refractivity contribution in [3.63, 3.8) is 0 Å². The molecule has 1 aromatic carbocycles. The van der Waals surface area contributed by atoms with E-state index in [1.54, 1.807) is 0 Å². The molecular weight excluding hydrogens is 437 g/mol. The summed E-state index contributed by atoms with van der Waals surface area (Å²) in [7, 11) is 1.81. The number of rotatable bonds is 5. The van der Waals surface area contributed by atoms with Crippen LogP contribution in [0, 0.1) is 0 Å². The molecule has 6 heteroatoms. The minimum absolute atomic E-state index is 0. The topological polar surface area (TPSA) is 45.7 Å². The van der Waals surface area contributed by atoms with Gasteiger partial charge in [0.2, 0.25) is 0 Å². The lowest BCUT2D eigenvalue weighted by atomic mass is 9.74. The quantitative estimate of drug-likeness (QED) is 0.393. The van der Waals surface area contributed by atoms with Gasteiger partial charge in [0.25, 0.3) is 0 Å². The average molecular weight is 466 g/mol. The van der Waals surface area contributed by atoms with Crippen molar-refractivity contribution in [3.8, 4) is 0 Å². The van der Waals surface area contributed by atoms with E-state index in [1.807, 2.05) is 19.2 Å². The Kier molecular flexibility index (Phi) is 9.37. The fourth-order valence-corrected chi connectivity index (χ4v) is 3.31. The van der Waals surface area contributed by atoms with Crippen LogP contribution < -0.4 is 10.6 Å². The first-order valence-electron chi connectivity index (χ1n) is 8.41. The van der Waals surface area contributed by atoms with E-state index in [2.05, 4.69) is 41.6 Å². The first-order chi connectivity index (χ1) is 11.1. The van der Waals surface area contributed by atoms with Gasteiger partial charge in [-0.25, -0.2) is 0 Å². The van der Waals surface area contributed by atoms with E-state index >= 15 is 0 Å². The number of benzene rings is 1. The zero-order chi connectivity index (χ0) is 16.7. The van der Waals surface area contributed by atoms with E-state index in [4.69, 9.17) is 16.3 Å². The van der Waals surface area contributed by atoms with Crippen LogP contribution >= 0.6 is 35.6 Å². The number of hydrogen-bond donors (Lipinski definition) is 2. The summed E-state index contributed by atoms with van der Waals surface area (Å²) in [5.74, 6) is 0.845. The number of nitrogens with zero attached hydrogens (tertiary/aromatic N) is 1. The number of guanidine groups is 1. The summed E-state index contributed by atoms with van der Waals surface area (Å²) in [4.78, 5) is 4.34. The zero-order valence-electron chi connectivity index (χ0n) is 14.8. The lowest BCUT2D eigenvalue weighted by Crippen LogP contribution is -2.49. The maximum atomic E-state index is 6.49. The van der Waals surface area contributed by atoms with Crippen LogP contribution in [0.25, 0.3) is 0 Å². The summed E-state index contributed by atoms with van der Waals surface area (Å²) >= 11 is 6.49. The molecule has 0 aliphatic carbocycles. The minimum atomic E-state index is -0.0103. The molecule has 0 amide bonds. The fourth-order valence-electron chi connectivity index (χ4n) is 2.98. The van der Waals surface area contributed by atoms with Crippen LogP contribution in [-0.4, -0.2) is 38.8 Å². The number of ether oxygens (including phenoxy) is 1. The largest absolute Gasteiger partial charge is 0.381 e. The van der Waals surface area contributed by atoms with Gasteiger partial charge in [0.1, 0.15) is 0 Å². The van der Waals surface area contributed by atoms with E-state index in [1.165, 1.54) is 5.56 Å². The van der Waals surface area contributed by atoms with Crippen molar-refractivity contribution >= 4 is 41.5 Å². The van der Waals surface area contributed by atoms with E-state index < -0.39 is 0 Å². The molecule has 1 aliphatic rings. The summed E-state index contributed by atoms with van der Waals surface area (Å²) in [6.45, 7) is 6.66. The lowest BCUT2D eigenvalue weighted by Gasteiger charge is -2.39. The van der Waals surface area contributed by atoms with Crippen LogP contribution in [0.15, 0.2) is 29.3 Å². The van der Waals surface area contributed by atoms with Crippen molar-refractivity contribution in [1.29, 1.82) is 0 Å². The van der Waals surface area contributed by atoms with E-state index in [9.17, 15) is 0 Å². The molecule has 2 rings (SSSR count). The monoisotopic (exact) mass is 465 g/mol. The molecule has 4 nitrogen and oxygen atoms in total. The van der Waals surface area contributed by atoms with Crippen molar-refractivity contribution < 1.29 is 4.74 Å². The Bertz CT molecular complexity index is 533. The van der Waals surface area contributed by atoms with Gasteiger partial charge in [0.05, 0.1) is 0 Å². The molecule has 2 N–H and O–H groups in total. The Morgan fingerprint density at radius 2 is 2.00 bits per heavy atom. The SMILES string of the molecule is CCC(C)NC(=NC)NCC1(c2ccccc2Cl)CCOCC1.I. The molecule has 1 unspecified atom stereocenters. The maximum absolute atomic E-state index is 6.49. The first kappa shape index (κ1) is 21.5. The molecule has 1 heterocycles. The molecule has 0 radical (unpaired) electrons. The minimum Gasteiger partial charge on any atom is -0.381 e. The van der Waals surface area contributed by atoms with Gasteiger partial charge in [-0.15, -0.1) is 24.0 Å². The summed E-state index contributed by atoms with van der Waals surface area (Å²) in [6.07, 6.45) is 2.98. The summed E-state index contributed by atoms with van der Waals surface area (Å²) in [6, 6.07) is 8.55. The third kappa shape index (κ3) is 5.49. The van der Waals surface area contributed by atoms with Gasteiger partial charge in [-0.05, 0) is 37.8 Å². The molecule has 1 atom stereocenters. The van der Waals surface area contributed by atoms with Crippen LogP contribution in [0.5, 0.6) is 0 Å². The highest BCUT2D eigenvalue weighted by Gasteiger charge is 2.36. The molecule has 0 bridgehead atoms. The Morgan fingerprint density at radius 1 is 1.33 bits per heavy atom. The molecule has 24 heavy (non-hydrogen) atoms. The fraction of sp³-hybridized carbons (Fsp3) is 0.611. The van der Waals surface area contributed by atoms with Crippen LogP contribution in [0.3, 0.4) is 0 Å². The van der Waals surface area contributed by atoms with Crippen molar-refractivity contribution in [2.75, 3.05) is 26.8 Å². The van der Waals surface area contributed by atoms with Gasteiger partial charge in [-0.1, -0.05) is 36.7 Å². The second-order valence-corrected chi connectivity index (χ2v) is 6.66. The molecule has 1 saturated heterocycles. The predicted molar refractivity (Wildman–Crippen MR) is 113 cm³/mol. The third-order valence-electron chi connectivity index (χ3n) is 4.71. The van der Waals surface area contributed by atoms with Crippen LogP contribution in [-0.2, 0) is 10.2 Å².